The third kappa shape index (κ3) is 6.04. The maximum atomic E-state index is 12.6. The number of thiophene rings is 1. The van der Waals surface area contributed by atoms with Gasteiger partial charge in [-0.1, -0.05) is 19.1 Å². The highest BCUT2D eigenvalue weighted by Crippen LogP contribution is 2.27. The van der Waals surface area contributed by atoms with E-state index in [1.165, 1.54) is 4.88 Å². The topological polar surface area (TPSA) is 50.8 Å². The molecule has 0 fully saturated rings. The van der Waals surface area contributed by atoms with Crippen LogP contribution in [0.25, 0.3) is 0 Å². The lowest BCUT2D eigenvalue weighted by molar-refractivity contribution is -0.130. The number of hydrogen-bond donors (Lipinski definition) is 1. The molecule has 0 unspecified atom stereocenters. The zero-order valence-electron chi connectivity index (χ0n) is 15.8. The minimum Gasteiger partial charge on any atom is -0.493 e. The number of rotatable bonds is 11. The standard InChI is InChI=1S/C20H28N2O3S/c1-4-10-21-14-20(23)22(15-17-6-5-12-26-17)11-9-16-7-8-18(24-2)19(13-16)25-3/h5-8,12-13,21H,4,9-11,14-15H2,1-3H3. The number of hydrogen-bond acceptors (Lipinski definition) is 5. The number of methoxy groups -OCH3 is 2. The van der Waals surface area contributed by atoms with Gasteiger partial charge in [0.1, 0.15) is 0 Å². The van der Waals surface area contributed by atoms with Crippen LogP contribution < -0.4 is 14.8 Å². The Hall–Kier alpha value is -2.05. The molecule has 0 saturated heterocycles. The van der Waals surface area contributed by atoms with Gasteiger partial charge in [0, 0.05) is 11.4 Å². The lowest BCUT2D eigenvalue weighted by Crippen LogP contribution is -2.39. The van der Waals surface area contributed by atoms with Crippen LogP contribution in [0.5, 0.6) is 11.5 Å². The van der Waals surface area contributed by atoms with E-state index in [2.05, 4.69) is 18.3 Å². The van der Waals surface area contributed by atoms with Crippen LogP contribution in [0.3, 0.4) is 0 Å². The molecule has 0 saturated carbocycles. The van der Waals surface area contributed by atoms with E-state index >= 15 is 0 Å². The summed E-state index contributed by atoms with van der Waals surface area (Å²) in [6.45, 7) is 4.65. The van der Waals surface area contributed by atoms with Crippen LogP contribution in [0.4, 0.5) is 0 Å². The van der Waals surface area contributed by atoms with Crippen molar-refractivity contribution < 1.29 is 14.3 Å². The molecule has 0 atom stereocenters. The summed E-state index contributed by atoms with van der Waals surface area (Å²) in [7, 11) is 3.26. The van der Waals surface area contributed by atoms with Crippen molar-refractivity contribution in [2.45, 2.75) is 26.3 Å². The molecule has 6 heteroatoms. The molecule has 1 aromatic heterocycles. The fourth-order valence-corrected chi connectivity index (χ4v) is 3.39. The normalized spacial score (nSPS) is 10.6. The number of nitrogens with one attached hydrogen (secondary N) is 1. The van der Waals surface area contributed by atoms with Crippen molar-refractivity contribution in [1.82, 2.24) is 10.2 Å². The molecule has 2 rings (SSSR count). The maximum absolute atomic E-state index is 12.6. The zero-order valence-corrected chi connectivity index (χ0v) is 16.6. The van der Waals surface area contributed by atoms with Crippen LogP contribution in [-0.2, 0) is 17.8 Å². The Morgan fingerprint density at radius 1 is 1.19 bits per heavy atom. The van der Waals surface area contributed by atoms with Crippen molar-refractivity contribution in [3.8, 4) is 11.5 Å². The van der Waals surface area contributed by atoms with E-state index in [-0.39, 0.29) is 5.91 Å². The highest BCUT2D eigenvalue weighted by Gasteiger charge is 2.15. The Bertz CT molecular complexity index is 674. The molecule has 5 nitrogen and oxygen atoms in total. The third-order valence-corrected chi connectivity index (χ3v) is 4.96. The number of ether oxygens (including phenoxy) is 2. The molecule has 0 aliphatic carbocycles. The highest BCUT2D eigenvalue weighted by atomic mass is 32.1. The van der Waals surface area contributed by atoms with E-state index in [9.17, 15) is 4.79 Å². The first-order valence-corrected chi connectivity index (χ1v) is 9.77. The Balaban J connectivity index is 2.02. The minimum atomic E-state index is 0.132. The van der Waals surface area contributed by atoms with Gasteiger partial charge in [-0.05, 0) is 48.5 Å². The summed E-state index contributed by atoms with van der Waals surface area (Å²) < 4.78 is 10.7. The molecule has 1 N–H and O–H groups in total. The van der Waals surface area contributed by atoms with Gasteiger partial charge >= 0.3 is 0 Å². The van der Waals surface area contributed by atoms with Gasteiger partial charge in [0.25, 0.3) is 0 Å². The second-order valence-corrected chi connectivity index (χ2v) is 7.04. The average Bonchev–Trinajstić information content (AvgIpc) is 3.18. The van der Waals surface area contributed by atoms with Crippen LogP contribution in [0.2, 0.25) is 0 Å². The smallest absolute Gasteiger partial charge is 0.236 e. The molecule has 0 aliphatic rings. The molecule has 1 aromatic carbocycles. The molecule has 1 heterocycles. The molecule has 0 spiro atoms. The average molecular weight is 377 g/mol. The molecule has 142 valence electrons. The molecule has 0 radical (unpaired) electrons. The predicted octanol–water partition coefficient (Wildman–Crippen LogP) is 3.34. The van der Waals surface area contributed by atoms with Gasteiger partial charge < -0.3 is 19.7 Å². The van der Waals surface area contributed by atoms with E-state index in [4.69, 9.17) is 9.47 Å². The van der Waals surface area contributed by atoms with Crippen LogP contribution in [-0.4, -0.2) is 44.7 Å². The molecule has 1 amide bonds. The lowest BCUT2D eigenvalue weighted by atomic mass is 10.1. The zero-order chi connectivity index (χ0) is 18.8. The monoisotopic (exact) mass is 376 g/mol. The van der Waals surface area contributed by atoms with Crippen molar-refractivity contribution in [2.24, 2.45) is 0 Å². The van der Waals surface area contributed by atoms with Gasteiger partial charge in [-0.25, -0.2) is 0 Å². The molecular formula is C20H28N2O3S. The molecule has 2 aromatic rings. The van der Waals surface area contributed by atoms with E-state index in [0.29, 0.717) is 31.1 Å². The van der Waals surface area contributed by atoms with E-state index in [1.807, 2.05) is 34.5 Å². The Labute approximate surface area is 159 Å². The number of carbonyl (C=O) groups excluding carboxylic acids is 1. The van der Waals surface area contributed by atoms with Gasteiger partial charge in [0.2, 0.25) is 5.91 Å². The van der Waals surface area contributed by atoms with Crippen LogP contribution >= 0.6 is 11.3 Å². The fourth-order valence-electron chi connectivity index (χ4n) is 2.67. The van der Waals surface area contributed by atoms with Crippen molar-refractivity contribution in [3.63, 3.8) is 0 Å². The van der Waals surface area contributed by atoms with Gasteiger partial charge in [-0.2, -0.15) is 0 Å². The Morgan fingerprint density at radius 3 is 2.65 bits per heavy atom. The second-order valence-electron chi connectivity index (χ2n) is 6.01. The van der Waals surface area contributed by atoms with Crippen molar-refractivity contribution in [3.05, 3.63) is 46.2 Å². The summed E-state index contributed by atoms with van der Waals surface area (Å²) in [5.74, 6) is 1.56. The van der Waals surface area contributed by atoms with Crippen LogP contribution in [0, 0.1) is 0 Å². The summed E-state index contributed by atoms with van der Waals surface area (Å²) >= 11 is 1.68. The summed E-state index contributed by atoms with van der Waals surface area (Å²) in [6, 6.07) is 9.99. The first kappa shape index (κ1) is 20.3. The van der Waals surface area contributed by atoms with Crippen LogP contribution in [0.1, 0.15) is 23.8 Å². The van der Waals surface area contributed by atoms with Crippen molar-refractivity contribution >= 4 is 17.2 Å². The lowest BCUT2D eigenvalue weighted by Gasteiger charge is -2.23. The summed E-state index contributed by atoms with van der Waals surface area (Å²) in [4.78, 5) is 15.7. The number of amides is 1. The maximum Gasteiger partial charge on any atom is 0.236 e. The first-order chi connectivity index (χ1) is 12.7. The summed E-state index contributed by atoms with van der Waals surface area (Å²) in [6.07, 6.45) is 1.79. The number of benzene rings is 1. The van der Waals surface area contributed by atoms with Crippen molar-refractivity contribution in [2.75, 3.05) is 33.9 Å². The quantitative estimate of drug-likeness (QED) is 0.611. The van der Waals surface area contributed by atoms with E-state index < -0.39 is 0 Å². The molecular weight excluding hydrogens is 348 g/mol. The Morgan fingerprint density at radius 2 is 2.00 bits per heavy atom. The highest BCUT2D eigenvalue weighted by molar-refractivity contribution is 7.09. The number of carbonyl (C=O) groups is 1. The van der Waals surface area contributed by atoms with Crippen molar-refractivity contribution in [1.29, 1.82) is 0 Å². The summed E-state index contributed by atoms with van der Waals surface area (Å²) in [5, 5.41) is 5.25. The third-order valence-electron chi connectivity index (χ3n) is 4.10. The first-order valence-electron chi connectivity index (χ1n) is 8.89. The number of nitrogens with zero attached hydrogens (tertiary/aromatic N) is 1. The van der Waals surface area contributed by atoms with Gasteiger partial charge in [-0.15, -0.1) is 11.3 Å². The SMILES string of the molecule is CCCNCC(=O)N(CCc1ccc(OC)c(OC)c1)Cc1cccs1. The van der Waals surface area contributed by atoms with Gasteiger partial charge in [0.15, 0.2) is 11.5 Å². The fraction of sp³-hybridized carbons (Fsp3) is 0.450. The Kier molecular flexibility index (Phi) is 8.44. The largest absolute Gasteiger partial charge is 0.493 e. The molecule has 0 aliphatic heterocycles. The summed E-state index contributed by atoms with van der Waals surface area (Å²) in [5.41, 5.74) is 1.12. The van der Waals surface area contributed by atoms with Crippen LogP contribution in [0.15, 0.2) is 35.7 Å². The van der Waals surface area contributed by atoms with E-state index in [0.717, 1.165) is 24.9 Å². The van der Waals surface area contributed by atoms with E-state index in [1.54, 1.807) is 25.6 Å². The second kappa shape index (κ2) is 10.8. The molecule has 0 bridgehead atoms. The molecule has 26 heavy (non-hydrogen) atoms. The predicted molar refractivity (Wildman–Crippen MR) is 106 cm³/mol. The van der Waals surface area contributed by atoms with Gasteiger partial charge in [-0.3, -0.25) is 4.79 Å². The van der Waals surface area contributed by atoms with Gasteiger partial charge in [0.05, 0.1) is 27.3 Å². The minimum absolute atomic E-state index is 0.132.